The van der Waals surface area contributed by atoms with Crippen molar-refractivity contribution >= 4 is 11.9 Å². The van der Waals surface area contributed by atoms with Crippen molar-refractivity contribution in [3.05, 3.63) is 29.8 Å². The van der Waals surface area contributed by atoms with Crippen LogP contribution in [0.4, 0.5) is 4.79 Å². The lowest BCUT2D eigenvalue weighted by Crippen LogP contribution is -2.49. The van der Waals surface area contributed by atoms with Gasteiger partial charge in [0.1, 0.15) is 6.54 Å². The van der Waals surface area contributed by atoms with E-state index in [1.807, 2.05) is 0 Å². The number of nitrogens with zero attached hydrogens (tertiary/aromatic N) is 2. The van der Waals surface area contributed by atoms with Gasteiger partial charge in [-0.25, -0.2) is 4.79 Å². The van der Waals surface area contributed by atoms with Gasteiger partial charge in [-0.15, -0.1) is 0 Å². The topological polar surface area (TPSA) is 109 Å². The van der Waals surface area contributed by atoms with Crippen LogP contribution in [0.15, 0.2) is 24.3 Å². The molecule has 0 aromatic heterocycles. The van der Waals surface area contributed by atoms with Crippen molar-refractivity contribution in [1.82, 2.24) is 9.80 Å². The Morgan fingerprint density at radius 2 is 1.96 bits per heavy atom. The number of methoxy groups -OCH3 is 1. The molecule has 0 unspecified atom stereocenters. The van der Waals surface area contributed by atoms with E-state index in [0.717, 1.165) is 4.90 Å². The fraction of sp³-hybridized carbons (Fsp3) is 0.444. The van der Waals surface area contributed by atoms with Crippen LogP contribution in [-0.4, -0.2) is 77.7 Å². The third kappa shape index (κ3) is 2.70. The number of ether oxygens (including phenoxy) is 3. The number of likely N-dealkylation sites (N-methyl/N-ethyl adjacent to an activating group) is 1. The Morgan fingerprint density at radius 1 is 1.19 bits per heavy atom. The van der Waals surface area contributed by atoms with E-state index in [1.165, 1.54) is 25.1 Å². The van der Waals surface area contributed by atoms with Crippen LogP contribution in [0.3, 0.4) is 0 Å². The fourth-order valence-corrected chi connectivity index (χ4v) is 3.76. The SMILES string of the molecule is COc1cc([C@H]2[C@@H](O)[C@H](O)C=C[C@@H]2N2CC(=O)N(C)C2=O)cc2c1OCO2. The fourth-order valence-electron chi connectivity index (χ4n) is 3.76. The first-order valence-electron chi connectivity index (χ1n) is 8.51. The number of carbonyl (C=O) groups excluding carboxylic acids is 2. The molecule has 9 heteroatoms. The Balaban J connectivity index is 1.78. The zero-order valence-electron chi connectivity index (χ0n) is 14.9. The lowest BCUT2D eigenvalue weighted by Gasteiger charge is -2.39. The van der Waals surface area contributed by atoms with Gasteiger partial charge in [0.2, 0.25) is 18.4 Å². The Kier molecular flexibility index (Phi) is 4.20. The molecule has 1 aromatic carbocycles. The predicted octanol–water partition coefficient (Wildman–Crippen LogP) is 0.0617. The van der Waals surface area contributed by atoms with Gasteiger partial charge in [0, 0.05) is 13.0 Å². The van der Waals surface area contributed by atoms with Crippen molar-refractivity contribution in [2.24, 2.45) is 0 Å². The molecule has 0 bridgehead atoms. The first-order valence-corrected chi connectivity index (χ1v) is 8.51. The van der Waals surface area contributed by atoms with Crippen LogP contribution < -0.4 is 14.2 Å². The van der Waals surface area contributed by atoms with Crippen LogP contribution in [0.5, 0.6) is 17.2 Å². The minimum Gasteiger partial charge on any atom is -0.493 e. The molecule has 1 saturated heterocycles. The van der Waals surface area contributed by atoms with E-state index < -0.39 is 30.2 Å². The van der Waals surface area contributed by atoms with E-state index in [2.05, 4.69) is 0 Å². The highest BCUT2D eigenvalue weighted by Gasteiger charge is 2.45. The van der Waals surface area contributed by atoms with E-state index in [9.17, 15) is 19.8 Å². The standard InChI is InChI=1S/C18H20N2O7/c1-19-14(22)7-20(18(19)24)10-3-4-11(21)16(23)15(10)9-5-12(25-2)17-13(6-9)26-8-27-17/h3-6,10-11,15-16,21,23H,7-8H2,1-2H3/t10-,11+,15+,16-/m0/s1. The summed E-state index contributed by atoms with van der Waals surface area (Å²) in [6.45, 7) is -0.0381. The number of imide groups is 1. The number of carbonyl (C=O) groups is 2. The number of urea groups is 1. The monoisotopic (exact) mass is 376 g/mol. The molecule has 9 nitrogen and oxygen atoms in total. The van der Waals surface area contributed by atoms with Gasteiger partial charge in [-0.2, -0.15) is 0 Å². The van der Waals surface area contributed by atoms with E-state index in [-0.39, 0.29) is 19.2 Å². The third-order valence-corrected chi connectivity index (χ3v) is 5.23. The number of hydrogen-bond donors (Lipinski definition) is 2. The Hall–Kier alpha value is -2.78. The molecule has 2 heterocycles. The van der Waals surface area contributed by atoms with Crippen LogP contribution in [-0.2, 0) is 4.79 Å². The minimum absolute atomic E-state index is 0.0538. The molecule has 2 aliphatic heterocycles. The molecule has 3 aliphatic rings. The Labute approximate surface area is 155 Å². The summed E-state index contributed by atoms with van der Waals surface area (Å²) in [6.07, 6.45) is 0.794. The third-order valence-electron chi connectivity index (χ3n) is 5.23. The number of amides is 3. The van der Waals surface area contributed by atoms with Crippen LogP contribution in [0.25, 0.3) is 0 Å². The largest absolute Gasteiger partial charge is 0.493 e. The van der Waals surface area contributed by atoms with Gasteiger partial charge in [0.05, 0.1) is 25.4 Å². The molecule has 0 saturated carbocycles. The van der Waals surface area contributed by atoms with Crippen LogP contribution in [0.1, 0.15) is 11.5 Å². The van der Waals surface area contributed by atoms with Crippen molar-refractivity contribution in [3.63, 3.8) is 0 Å². The number of fused-ring (bicyclic) bond motifs is 1. The van der Waals surface area contributed by atoms with E-state index in [1.54, 1.807) is 18.2 Å². The van der Waals surface area contributed by atoms with E-state index >= 15 is 0 Å². The highest BCUT2D eigenvalue weighted by Crippen LogP contribution is 2.45. The number of aliphatic hydroxyl groups excluding tert-OH is 2. The minimum atomic E-state index is -1.18. The second-order valence-corrected chi connectivity index (χ2v) is 6.70. The number of aliphatic hydroxyl groups is 2. The van der Waals surface area contributed by atoms with Crippen molar-refractivity contribution in [3.8, 4) is 17.2 Å². The predicted molar refractivity (Wildman–Crippen MR) is 91.7 cm³/mol. The van der Waals surface area contributed by atoms with Crippen molar-refractivity contribution < 1.29 is 34.0 Å². The smallest absolute Gasteiger partial charge is 0.327 e. The molecular weight excluding hydrogens is 356 g/mol. The summed E-state index contributed by atoms with van der Waals surface area (Å²) >= 11 is 0. The molecule has 1 aromatic rings. The van der Waals surface area contributed by atoms with Gasteiger partial charge in [-0.3, -0.25) is 9.69 Å². The summed E-state index contributed by atoms with van der Waals surface area (Å²) in [5.74, 6) is 0.343. The van der Waals surface area contributed by atoms with E-state index in [0.29, 0.717) is 22.8 Å². The summed E-state index contributed by atoms with van der Waals surface area (Å²) in [7, 11) is 2.91. The van der Waals surface area contributed by atoms with Gasteiger partial charge in [-0.1, -0.05) is 12.2 Å². The molecular formula is C18H20N2O7. The molecule has 1 fully saturated rings. The van der Waals surface area contributed by atoms with Gasteiger partial charge in [0.15, 0.2) is 11.5 Å². The lowest BCUT2D eigenvalue weighted by molar-refractivity contribution is -0.124. The maximum absolute atomic E-state index is 12.5. The first kappa shape index (κ1) is 17.6. The number of rotatable bonds is 3. The summed E-state index contributed by atoms with van der Waals surface area (Å²) in [5, 5.41) is 20.9. The van der Waals surface area contributed by atoms with Gasteiger partial charge < -0.3 is 29.3 Å². The van der Waals surface area contributed by atoms with Crippen molar-refractivity contribution in [1.29, 1.82) is 0 Å². The summed E-state index contributed by atoms with van der Waals surface area (Å²) in [5.41, 5.74) is 0.604. The van der Waals surface area contributed by atoms with Crippen molar-refractivity contribution in [2.45, 2.75) is 24.2 Å². The second-order valence-electron chi connectivity index (χ2n) is 6.70. The Morgan fingerprint density at radius 3 is 2.63 bits per heavy atom. The number of hydrogen-bond acceptors (Lipinski definition) is 7. The number of benzene rings is 1. The van der Waals surface area contributed by atoms with Gasteiger partial charge >= 0.3 is 6.03 Å². The summed E-state index contributed by atoms with van der Waals surface area (Å²) < 4.78 is 16.2. The van der Waals surface area contributed by atoms with Crippen LogP contribution >= 0.6 is 0 Å². The molecule has 4 atom stereocenters. The maximum Gasteiger partial charge on any atom is 0.327 e. The molecule has 0 spiro atoms. The first-order chi connectivity index (χ1) is 12.9. The van der Waals surface area contributed by atoms with E-state index in [4.69, 9.17) is 14.2 Å². The molecule has 4 rings (SSSR count). The lowest BCUT2D eigenvalue weighted by atomic mass is 9.79. The molecule has 0 radical (unpaired) electrons. The normalized spacial score (nSPS) is 29.6. The molecule has 2 N–H and O–H groups in total. The molecule has 1 aliphatic carbocycles. The van der Waals surface area contributed by atoms with Crippen LogP contribution in [0.2, 0.25) is 0 Å². The van der Waals surface area contributed by atoms with Gasteiger partial charge in [0.25, 0.3) is 0 Å². The zero-order valence-corrected chi connectivity index (χ0v) is 14.9. The molecule has 27 heavy (non-hydrogen) atoms. The highest BCUT2D eigenvalue weighted by molar-refractivity contribution is 6.02. The van der Waals surface area contributed by atoms with Gasteiger partial charge in [-0.05, 0) is 17.7 Å². The second kappa shape index (κ2) is 6.43. The highest BCUT2D eigenvalue weighted by atomic mass is 16.7. The molecule has 3 amide bonds. The Bertz CT molecular complexity index is 824. The zero-order chi connectivity index (χ0) is 19.3. The molecule has 144 valence electrons. The quantitative estimate of drug-likeness (QED) is 0.567. The summed E-state index contributed by atoms with van der Waals surface area (Å²) in [4.78, 5) is 26.9. The maximum atomic E-state index is 12.5. The average molecular weight is 376 g/mol. The van der Waals surface area contributed by atoms with Crippen molar-refractivity contribution in [2.75, 3.05) is 27.5 Å². The van der Waals surface area contributed by atoms with Crippen LogP contribution in [0, 0.1) is 0 Å². The average Bonchev–Trinajstić information content (AvgIpc) is 3.23. The summed E-state index contributed by atoms with van der Waals surface area (Å²) in [6, 6.07) is 2.32.